The Balaban J connectivity index is 1.93. The molecule has 1 heterocycles. The maximum absolute atomic E-state index is 12.4. The standard InChI is InChI=1S/C20H21NO4/c22-19(16-12-7-13-25-16)21-18(20(23)24)17(14-8-3-1-4-9-14)15-10-5-2-6-11-15/h1-6,8-11,16-18H,7,12-13H2,(H,21,22)(H,23,24)/t16-,18+/m1/s1. The molecule has 0 aliphatic carbocycles. The molecule has 1 amide bonds. The number of rotatable bonds is 6. The Morgan fingerprint density at radius 1 is 1.00 bits per heavy atom. The van der Waals surface area contributed by atoms with Crippen LogP contribution >= 0.6 is 0 Å². The number of ether oxygens (including phenoxy) is 1. The van der Waals surface area contributed by atoms with Gasteiger partial charge in [0, 0.05) is 12.5 Å². The van der Waals surface area contributed by atoms with Crippen LogP contribution in [0.2, 0.25) is 0 Å². The minimum absolute atomic E-state index is 0.359. The largest absolute Gasteiger partial charge is 0.480 e. The van der Waals surface area contributed by atoms with Gasteiger partial charge in [-0.3, -0.25) is 4.79 Å². The van der Waals surface area contributed by atoms with Gasteiger partial charge in [-0.1, -0.05) is 60.7 Å². The highest BCUT2D eigenvalue weighted by atomic mass is 16.5. The molecule has 3 rings (SSSR count). The highest BCUT2D eigenvalue weighted by Crippen LogP contribution is 2.28. The van der Waals surface area contributed by atoms with E-state index in [2.05, 4.69) is 5.32 Å². The van der Waals surface area contributed by atoms with Crippen LogP contribution in [0.4, 0.5) is 0 Å². The first-order valence-electron chi connectivity index (χ1n) is 8.41. The average Bonchev–Trinajstić information content (AvgIpc) is 3.17. The maximum Gasteiger partial charge on any atom is 0.327 e. The van der Waals surface area contributed by atoms with Crippen LogP contribution in [0.1, 0.15) is 29.9 Å². The second-order valence-corrected chi connectivity index (χ2v) is 6.13. The summed E-state index contributed by atoms with van der Waals surface area (Å²) in [6.45, 7) is 0.538. The van der Waals surface area contributed by atoms with Gasteiger partial charge in [0.1, 0.15) is 12.1 Å². The summed E-state index contributed by atoms with van der Waals surface area (Å²) in [5, 5.41) is 12.5. The zero-order valence-electron chi connectivity index (χ0n) is 13.8. The first-order chi connectivity index (χ1) is 12.2. The Bertz CT molecular complexity index is 671. The maximum atomic E-state index is 12.4. The molecule has 0 radical (unpaired) electrons. The quantitative estimate of drug-likeness (QED) is 0.848. The van der Waals surface area contributed by atoms with Gasteiger partial charge in [0.2, 0.25) is 5.91 Å². The van der Waals surface area contributed by atoms with Crippen molar-refractivity contribution < 1.29 is 19.4 Å². The summed E-state index contributed by atoms with van der Waals surface area (Å²) >= 11 is 0. The van der Waals surface area contributed by atoms with E-state index in [9.17, 15) is 14.7 Å². The number of carbonyl (C=O) groups is 2. The molecule has 130 valence electrons. The molecule has 5 nitrogen and oxygen atoms in total. The number of nitrogens with one attached hydrogen (secondary N) is 1. The van der Waals surface area contributed by atoms with E-state index in [0.29, 0.717) is 13.0 Å². The van der Waals surface area contributed by atoms with E-state index in [0.717, 1.165) is 17.5 Å². The second kappa shape index (κ2) is 7.94. The van der Waals surface area contributed by atoms with E-state index in [1.807, 2.05) is 60.7 Å². The lowest BCUT2D eigenvalue weighted by atomic mass is 9.85. The third-order valence-electron chi connectivity index (χ3n) is 4.44. The molecular formula is C20H21NO4. The molecule has 1 aliphatic rings. The summed E-state index contributed by atoms with van der Waals surface area (Å²) in [6, 6.07) is 17.7. The molecule has 2 aromatic rings. The predicted molar refractivity (Wildman–Crippen MR) is 93.3 cm³/mol. The lowest BCUT2D eigenvalue weighted by Gasteiger charge is -2.27. The highest BCUT2D eigenvalue weighted by Gasteiger charge is 2.35. The van der Waals surface area contributed by atoms with Crippen molar-refractivity contribution in [3.05, 3.63) is 71.8 Å². The van der Waals surface area contributed by atoms with Crippen molar-refractivity contribution in [1.82, 2.24) is 5.32 Å². The van der Waals surface area contributed by atoms with E-state index in [1.165, 1.54) is 0 Å². The molecule has 1 fully saturated rings. The van der Waals surface area contributed by atoms with E-state index in [-0.39, 0.29) is 5.91 Å². The van der Waals surface area contributed by atoms with E-state index in [1.54, 1.807) is 0 Å². The Morgan fingerprint density at radius 3 is 2.00 bits per heavy atom. The van der Waals surface area contributed by atoms with Gasteiger partial charge in [-0.2, -0.15) is 0 Å². The third kappa shape index (κ3) is 4.06. The van der Waals surface area contributed by atoms with E-state index < -0.39 is 24.0 Å². The number of hydrogen-bond acceptors (Lipinski definition) is 3. The van der Waals surface area contributed by atoms with Crippen LogP contribution in [-0.2, 0) is 14.3 Å². The number of amides is 1. The topological polar surface area (TPSA) is 75.6 Å². The molecule has 2 atom stereocenters. The first kappa shape index (κ1) is 17.2. The molecule has 0 saturated carbocycles. The molecule has 1 aliphatic heterocycles. The van der Waals surface area contributed by atoms with Crippen LogP contribution in [0.3, 0.4) is 0 Å². The number of hydrogen-bond donors (Lipinski definition) is 2. The third-order valence-corrected chi connectivity index (χ3v) is 4.44. The fourth-order valence-corrected chi connectivity index (χ4v) is 3.22. The van der Waals surface area contributed by atoms with Gasteiger partial charge in [0.15, 0.2) is 0 Å². The Kier molecular flexibility index (Phi) is 5.46. The van der Waals surface area contributed by atoms with Gasteiger partial charge >= 0.3 is 5.97 Å². The number of carbonyl (C=O) groups excluding carboxylic acids is 1. The number of carboxylic acid groups (broad SMARTS) is 1. The van der Waals surface area contributed by atoms with Gasteiger partial charge in [-0.25, -0.2) is 4.79 Å². The lowest BCUT2D eigenvalue weighted by molar-refractivity contribution is -0.144. The molecule has 25 heavy (non-hydrogen) atoms. The number of carboxylic acids is 1. The normalized spacial score (nSPS) is 18.0. The fourth-order valence-electron chi connectivity index (χ4n) is 3.22. The number of aliphatic carboxylic acids is 1. The summed E-state index contributed by atoms with van der Waals surface area (Å²) in [4.78, 5) is 24.4. The minimum Gasteiger partial charge on any atom is -0.480 e. The van der Waals surface area contributed by atoms with Gasteiger partial charge < -0.3 is 15.2 Å². The summed E-state index contributed by atoms with van der Waals surface area (Å²) in [7, 11) is 0. The second-order valence-electron chi connectivity index (χ2n) is 6.13. The van der Waals surface area contributed by atoms with Crippen molar-refractivity contribution in [3.8, 4) is 0 Å². The zero-order chi connectivity index (χ0) is 17.6. The van der Waals surface area contributed by atoms with Gasteiger partial charge in [0.25, 0.3) is 0 Å². The fraction of sp³-hybridized carbons (Fsp3) is 0.300. The van der Waals surface area contributed by atoms with Crippen LogP contribution in [0.25, 0.3) is 0 Å². The molecule has 0 unspecified atom stereocenters. The summed E-state index contributed by atoms with van der Waals surface area (Å²) in [6.07, 6.45) is 0.880. The summed E-state index contributed by atoms with van der Waals surface area (Å²) in [5.41, 5.74) is 1.68. The molecule has 0 spiro atoms. The van der Waals surface area contributed by atoms with Crippen molar-refractivity contribution >= 4 is 11.9 Å². The first-order valence-corrected chi connectivity index (χ1v) is 8.41. The molecule has 2 aromatic carbocycles. The van der Waals surface area contributed by atoms with E-state index in [4.69, 9.17) is 4.74 Å². The number of benzene rings is 2. The molecule has 0 bridgehead atoms. The van der Waals surface area contributed by atoms with Crippen molar-refractivity contribution in [2.75, 3.05) is 6.61 Å². The van der Waals surface area contributed by atoms with Crippen molar-refractivity contribution in [2.45, 2.75) is 30.9 Å². The molecule has 2 N–H and O–H groups in total. The average molecular weight is 339 g/mol. The van der Waals surface area contributed by atoms with Crippen LogP contribution in [0, 0.1) is 0 Å². The van der Waals surface area contributed by atoms with Crippen LogP contribution in [0.5, 0.6) is 0 Å². The molecule has 1 saturated heterocycles. The summed E-state index contributed by atoms with van der Waals surface area (Å²) < 4.78 is 5.38. The van der Waals surface area contributed by atoms with Crippen molar-refractivity contribution in [2.24, 2.45) is 0 Å². The predicted octanol–water partition coefficient (Wildman–Crippen LogP) is 2.57. The molecule has 0 aromatic heterocycles. The smallest absolute Gasteiger partial charge is 0.327 e. The van der Waals surface area contributed by atoms with Crippen molar-refractivity contribution in [3.63, 3.8) is 0 Å². The van der Waals surface area contributed by atoms with Crippen molar-refractivity contribution in [1.29, 1.82) is 0 Å². The zero-order valence-corrected chi connectivity index (χ0v) is 13.8. The van der Waals surface area contributed by atoms with Crippen LogP contribution in [0.15, 0.2) is 60.7 Å². The van der Waals surface area contributed by atoms with Gasteiger partial charge in [-0.05, 0) is 24.0 Å². The minimum atomic E-state index is -1.07. The Hall–Kier alpha value is -2.66. The Morgan fingerprint density at radius 2 is 1.56 bits per heavy atom. The van der Waals surface area contributed by atoms with Gasteiger partial charge in [-0.15, -0.1) is 0 Å². The van der Waals surface area contributed by atoms with Crippen LogP contribution < -0.4 is 5.32 Å². The van der Waals surface area contributed by atoms with E-state index >= 15 is 0 Å². The SMILES string of the molecule is O=C(O)[C@@H](NC(=O)[C@H]1CCCO1)C(c1ccccc1)c1ccccc1. The molecular weight excluding hydrogens is 318 g/mol. The highest BCUT2D eigenvalue weighted by molar-refractivity contribution is 5.87. The van der Waals surface area contributed by atoms with Crippen LogP contribution in [-0.4, -0.2) is 35.7 Å². The monoisotopic (exact) mass is 339 g/mol. The molecule has 5 heteroatoms. The summed E-state index contributed by atoms with van der Waals surface area (Å²) in [5.74, 6) is -1.91. The van der Waals surface area contributed by atoms with Gasteiger partial charge in [0.05, 0.1) is 0 Å². The Labute approximate surface area is 146 Å². The lowest BCUT2D eigenvalue weighted by Crippen LogP contribution is -2.48.